The number of fused-ring (bicyclic) bond motifs is 2. The van der Waals surface area contributed by atoms with Crippen LogP contribution in [-0.2, 0) is 19.6 Å². The molecular weight excluding hydrogens is 457 g/mol. The van der Waals surface area contributed by atoms with Gasteiger partial charge in [-0.2, -0.15) is 0 Å². The average Bonchev–Trinajstić information content (AvgIpc) is 3.26. The fourth-order valence-electron chi connectivity index (χ4n) is 3.75. The molecule has 168 valence electrons. The number of H-pyrrole nitrogens is 1. The highest BCUT2D eigenvalue weighted by atomic mass is 35.5. The molecule has 0 saturated carbocycles. The van der Waals surface area contributed by atoms with E-state index in [0.717, 1.165) is 16.9 Å². The topological polar surface area (TPSA) is 143 Å². The molecule has 0 saturated heterocycles. The molecule has 5 N–H and O–H groups in total. The minimum atomic E-state index is -0.989. The third kappa shape index (κ3) is 3.82. The first-order valence-corrected chi connectivity index (χ1v) is 10.1. The normalized spacial score (nSPS) is 11.0. The molecule has 0 spiro atoms. The van der Waals surface area contributed by atoms with E-state index in [1.54, 1.807) is 18.2 Å². The molecule has 3 heterocycles. The van der Waals surface area contributed by atoms with Gasteiger partial charge in [0.1, 0.15) is 12.1 Å². The Kier molecular flexibility index (Phi) is 6.56. The van der Waals surface area contributed by atoms with Crippen LogP contribution in [0.15, 0.2) is 24.4 Å². The summed E-state index contributed by atoms with van der Waals surface area (Å²) >= 11 is 6.08. The van der Waals surface area contributed by atoms with E-state index in [1.807, 2.05) is 23.0 Å². The van der Waals surface area contributed by atoms with Gasteiger partial charge >= 0.3 is 5.97 Å². The number of nitrogens with zero attached hydrogens (tertiary/aromatic N) is 4. The lowest BCUT2D eigenvalue weighted by Crippen LogP contribution is -3.00. The molecule has 0 unspecified atom stereocenters. The number of carboxylic acids is 1. The molecule has 0 aliphatic rings. The molecule has 0 radical (unpaired) electrons. The zero-order chi connectivity index (χ0) is 22.3. The van der Waals surface area contributed by atoms with Crippen molar-refractivity contribution in [3.8, 4) is 0 Å². The number of aryl methyl sites for hydroxylation is 2. The molecule has 0 bridgehead atoms. The molecule has 0 aliphatic carbocycles. The third-order valence-electron chi connectivity index (χ3n) is 5.17. The van der Waals surface area contributed by atoms with E-state index in [4.69, 9.17) is 17.3 Å². The Bertz CT molecular complexity index is 1350. The van der Waals surface area contributed by atoms with Crippen molar-refractivity contribution in [2.75, 3.05) is 5.73 Å². The Labute approximate surface area is 193 Å². The summed E-state index contributed by atoms with van der Waals surface area (Å²) in [5.41, 5.74) is 8.57. The van der Waals surface area contributed by atoms with Crippen LogP contribution in [0.5, 0.6) is 0 Å². The first-order chi connectivity index (χ1) is 14.8. The van der Waals surface area contributed by atoms with E-state index >= 15 is 0 Å². The van der Waals surface area contributed by atoms with Crippen LogP contribution in [0.2, 0.25) is 5.02 Å². The van der Waals surface area contributed by atoms with Gasteiger partial charge in [0.05, 0.1) is 23.7 Å². The zero-order valence-corrected chi connectivity index (χ0v) is 18.8. The minimum Gasteiger partial charge on any atom is -1.00 e. The fraction of sp³-hybridized carbons (Fsp3) is 0.250. The highest BCUT2D eigenvalue weighted by Gasteiger charge is 2.25. The lowest BCUT2D eigenvalue weighted by molar-refractivity contribution is -0.676. The first kappa shape index (κ1) is 23.3. The molecule has 32 heavy (non-hydrogen) atoms. The number of hydrogen-bond acceptors (Lipinski definition) is 5. The molecule has 3 aromatic heterocycles. The number of nitrogens with one attached hydrogen (secondary N) is 2. The molecule has 1 amide bonds. The van der Waals surface area contributed by atoms with E-state index in [9.17, 15) is 14.7 Å². The van der Waals surface area contributed by atoms with Crippen molar-refractivity contribution >= 4 is 51.5 Å². The second-order valence-electron chi connectivity index (χ2n) is 6.89. The summed E-state index contributed by atoms with van der Waals surface area (Å²) in [4.78, 5) is 35.5. The maximum atomic E-state index is 12.8. The van der Waals surface area contributed by atoms with Crippen molar-refractivity contribution in [3.63, 3.8) is 0 Å². The summed E-state index contributed by atoms with van der Waals surface area (Å²) in [5.74, 6) is -0.653. The summed E-state index contributed by atoms with van der Waals surface area (Å²) in [5, 5.41) is 12.5. The van der Waals surface area contributed by atoms with Crippen LogP contribution in [-0.4, -0.2) is 36.5 Å². The molecule has 0 fully saturated rings. The number of aromatic carboxylic acids is 1. The summed E-state index contributed by atoms with van der Waals surface area (Å²) in [7, 11) is 0. The maximum Gasteiger partial charge on any atom is 0.335 e. The third-order valence-corrected chi connectivity index (χ3v) is 5.45. The van der Waals surface area contributed by atoms with Crippen molar-refractivity contribution in [3.05, 3.63) is 46.5 Å². The Morgan fingerprint density at radius 1 is 1.31 bits per heavy atom. The molecule has 12 heteroatoms. The van der Waals surface area contributed by atoms with Crippen LogP contribution in [0.4, 0.5) is 5.82 Å². The SMILES string of the molecule is CCn1c(CNC(=O)c2nc3c(Cl)c[nH]c3nc2N)[n+](CC)c2ccc(C(=O)O)cc21.[Cl-]. The van der Waals surface area contributed by atoms with Gasteiger partial charge < -0.3 is 33.5 Å². The van der Waals surface area contributed by atoms with E-state index in [0.29, 0.717) is 29.3 Å². The number of anilines is 1. The van der Waals surface area contributed by atoms with Crippen molar-refractivity contribution < 1.29 is 31.7 Å². The van der Waals surface area contributed by atoms with Crippen LogP contribution in [0.25, 0.3) is 22.2 Å². The standard InChI is InChI=1S/C20H20ClN7O3.ClH/c1-3-27-12-6-5-10(20(30)31)7-13(12)28(4-2)14(27)9-24-19(29)16-17(22)26-18-15(25-16)11(21)8-23-18;/h5-8H,3-4,9H2,1-2H3,(H4-,22,23,24,25,26,29,30,31);1H. The number of rotatable bonds is 6. The molecule has 0 aliphatic heterocycles. The van der Waals surface area contributed by atoms with Gasteiger partial charge in [0, 0.05) is 12.3 Å². The molecule has 0 atom stereocenters. The minimum absolute atomic E-state index is 0. The number of nitrogen functional groups attached to an aromatic ring is 1. The van der Waals surface area contributed by atoms with Crippen LogP contribution < -0.4 is 28.0 Å². The second kappa shape index (κ2) is 9.01. The number of benzene rings is 1. The number of aromatic nitrogens is 5. The summed E-state index contributed by atoms with van der Waals surface area (Å²) in [6.45, 7) is 5.39. The van der Waals surface area contributed by atoms with Crippen molar-refractivity contribution in [2.45, 2.75) is 33.5 Å². The Morgan fingerprint density at radius 2 is 2.06 bits per heavy atom. The van der Waals surface area contributed by atoms with Gasteiger partial charge in [0.25, 0.3) is 11.7 Å². The molecule has 4 rings (SSSR count). The van der Waals surface area contributed by atoms with E-state index in [2.05, 4.69) is 20.3 Å². The number of carbonyl (C=O) groups is 2. The fourth-order valence-corrected chi connectivity index (χ4v) is 3.93. The number of carboxylic acid groups (broad SMARTS) is 1. The van der Waals surface area contributed by atoms with Gasteiger partial charge in [-0.1, -0.05) is 11.6 Å². The quantitative estimate of drug-likeness (QED) is 0.265. The van der Waals surface area contributed by atoms with Crippen LogP contribution in [0.1, 0.15) is 40.5 Å². The number of nitrogens with two attached hydrogens (primary N) is 1. The van der Waals surface area contributed by atoms with Crippen LogP contribution in [0.3, 0.4) is 0 Å². The lowest BCUT2D eigenvalue weighted by atomic mass is 10.2. The number of amides is 1. The van der Waals surface area contributed by atoms with Crippen LogP contribution >= 0.6 is 11.6 Å². The van der Waals surface area contributed by atoms with Gasteiger partial charge in [-0.05, 0) is 26.0 Å². The maximum absolute atomic E-state index is 12.8. The van der Waals surface area contributed by atoms with Crippen molar-refractivity contribution in [1.82, 2.24) is 24.8 Å². The van der Waals surface area contributed by atoms with E-state index < -0.39 is 11.9 Å². The Balaban J connectivity index is 0.00000289. The molecule has 1 aromatic carbocycles. The molecular formula is C20H21Cl2N7O3. The number of aromatic amines is 1. The second-order valence-corrected chi connectivity index (χ2v) is 7.29. The number of hydrogen-bond donors (Lipinski definition) is 4. The summed E-state index contributed by atoms with van der Waals surface area (Å²) in [6.07, 6.45) is 1.53. The van der Waals surface area contributed by atoms with E-state index in [-0.39, 0.29) is 36.0 Å². The number of carbonyl (C=O) groups excluding carboxylic acids is 1. The number of halogens is 2. The predicted molar refractivity (Wildman–Crippen MR) is 115 cm³/mol. The molecule has 10 nitrogen and oxygen atoms in total. The van der Waals surface area contributed by atoms with Gasteiger partial charge in [0.15, 0.2) is 28.2 Å². The van der Waals surface area contributed by atoms with E-state index in [1.165, 1.54) is 6.20 Å². The largest absolute Gasteiger partial charge is 1.00 e. The monoisotopic (exact) mass is 477 g/mol. The zero-order valence-electron chi connectivity index (χ0n) is 17.3. The summed E-state index contributed by atoms with van der Waals surface area (Å²) < 4.78 is 4.01. The predicted octanol–water partition coefficient (Wildman–Crippen LogP) is -0.892. The van der Waals surface area contributed by atoms with Gasteiger partial charge in [-0.15, -0.1) is 0 Å². The highest BCUT2D eigenvalue weighted by Crippen LogP contribution is 2.22. The van der Waals surface area contributed by atoms with Gasteiger partial charge in [-0.25, -0.2) is 23.9 Å². The Hall–Kier alpha value is -3.37. The van der Waals surface area contributed by atoms with Gasteiger partial charge in [-0.3, -0.25) is 4.79 Å². The number of imidazole rings is 1. The first-order valence-electron chi connectivity index (χ1n) is 9.72. The highest BCUT2D eigenvalue weighted by molar-refractivity contribution is 6.35. The van der Waals surface area contributed by atoms with Crippen LogP contribution in [0, 0.1) is 0 Å². The lowest BCUT2D eigenvalue weighted by Gasteiger charge is -2.07. The van der Waals surface area contributed by atoms with Crippen molar-refractivity contribution in [1.29, 1.82) is 0 Å². The smallest absolute Gasteiger partial charge is 0.335 e. The average molecular weight is 478 g/mol. The van der Waals surface area contributed by atoms with Crippen molar-refractivity contribution in [2.24, 2.45) is 0 Å². The molecule has 4 aromatic rings. The Morgan fingerprint density at radius 3 is 2.72 bits per heavy atom. The summed E-state index contributed by atoms with van der Waals surface area (Å²) in [6, 6.07) is 5.00. The van der Waals surface area contributed by atoms with Gasteiger partial charge in [0.2, 0.25) is 0 Å².